The molecule has 0 saturated carbocycles. The zero-order valence-corrected chi connectivity index (χ0v) is 19.4. The molecule has 0 radical (unpaired) electrons. The SMILES string of the molecule is CCc1nn(-c2ccccc2)c(Oc2ccccc2F)c1CN(CCOC)C[C@@H](O)COC. The lowest BCUT2D eigenvalue weighted by molar-refractivity contribution is 0.0291. The smallest absolute Gasteiger partial charge is 0.227 e. The summed E-state index contributed by atoms with van der Waals surface area (Å²) in [5, 5.41) is 15.1. The molecule has 0 fully saturated rings. The lowest BCUT2D eigenvalue weighted by atomic mass is 10.1. The van der Waals surface area contributed by atoms with Gasteiger partial charge in [0.25, 0.3) is 0 Å². The first-order valence-corrected chi connectivity index (χ1v) is 11.0. The first-order valence-electron chi connectivity index (χ1n) is 11.0. The van der Waals surface area contributed by atoms with Crippen molar-refractivity contribution in [1.82, 2.24) is 14.7 Å². The highest BCUT2D eigenvalue weighted by Crippen LogP contribution is 2.33. The van der Waals surface area contributed by atoms with Crippen molar-refractivity contribution in [1.29, 1.82) is 0 Å². The topological polar surface area (TPSA) is 69.0 Å². The fourth-order valence-corrected chi connectivity index (χ4v) is 3.62. The summed E-state index contributed by atoms with van der Waals surface area (Å²) in [5.74, 6) is 0.127. The maximum absolute atomic E-state index is 14.5. The van der Waals surface area contributed by atoms with Gasteiger partial charge in [-0.05, 0) is 30.7 Å². The lowest BCUT2D eigenvalue weighted by Gasteiger charge is -2.25. The van der Waals surface area contributed by atoms with Crippen LogP contribution in [0.15, 0.2) is 54.6 Å². The highest BCUT2D eigenvalue weighted by atomic mass is 19.1. The number of aryl methyl sites for hydroxylation is 1. The van der Waals surface area contributed by atoms with Crippen LogP contribution in [0.4, 0.5) is 4.39 Å². The molecule has 1 N–H and O–H groups in total. The number of hydrogen-bond donors (Lipinski definition) is 1. The van der Waals surface area contributed by atoms with Gasteiger partial charge in [-0.25, -0.2) is 9.07 Å². The quantitative estimate of drug-likeness (QED) is 0.421. The van der Waals surface area contributed by atoms with E-state index in [0.717, 1.165) is 16.9 Å². The number of ether oxygens (including phenoxy) is 3. The zero-order chi connectivity index (χ0) is 23.6. The van der Waals surface area contributed by atoms with E-state index in [2.05, 4.69) is 4.90 Å². The third-order valence-electron chi connectivity index (χ3n) is 5.22. The fourth-order valence-electron chi connectivity index (χ4n) is 3.62. The predicted molar refractivity (Wildman–Crippen MR) is 124 cm³/mol. The second-order valence-corrected chi connectivity index (χ2v) is 7.70. The summed E-state index contributed by atoms with van der Waals surface area (Å²) in [6.07, 6.45) is 0.0127. The van der Waals surface area contributed by atoms with E-state index < -0.39 is 11.9 Å². The van der Waals surface area contributed by atoms with E-state index in [9.17, 15) is 9.50 Å². The molecular formula is C25H32FN3O4. The van der Waals surface area contributed by atoms with Gasteiger partial charge in [0.1, 0.15) is 0 Å². The largest absolute Gasteiger partial charge is 0.435 e. The number of methoxy groups -OCH3 is 2. The monoisotopic (exact) mass is 457 g/mol. The Hall–Kier alpha value is -2.78. The molecule has 0 aliphatic heterocycles. The van der Waals surface area contributed by atoms with E-state index in [0.29, 0.717) is 38.5 Å². The van der Waals surface area contributed by atoms with Crippen LogP contribution in [0.3, 0.4) is 0 Å². The summed E-state index contributed by atoms with van der Waals surface area (Å²) in [4.78, 5) is 2.06. The van der Waals surface area contributed by atoms with E-state index in [-0.39, 0.29) is 12.4 Å². The van der Waals surface area contributed by atoms with Crippen LogP contribution < -0.4 is 4.74 Å². The molecule has 0 aliphatic rings. The van der Waals surface area contributed by atoms with Gasteiger partial charge in [-0.15, -0.1) is 0 Å². The second-order valence-electron chi connectivity index (χ2n) is 7.70. The Morgan fingerprint density at radius 3 is 2.45 bits per heavy atom. The number of aromatic nitrogens is 2. The highest BCUT2D eigenvalue weighted by Gasteiger charge is 2.24. The van der Waals surface area contributed by atoms with Crippen LogP contribution in [-0.2, 0) is 22.4 Å². The minimum Gasteiger partial charge on any atom is -0.435 e. The summed E-state index contributed by atoms with van der Waals surface area (Å²) < 4.78 is 32.7. The molecule has 0 amide bonds. The van der Waals surface area contributed by atoms with E-state index in [4.69, 9.17) is 19.3 Å². The molecule has 7 nitrogen and oxygen atoms in total. The third kappa shape index (κ3) is 6.61. The third-order valence-corrected chi connectivity index (χ3v) is 5.22. The average Bonchev–Trinajstić information content (AvgIpc) is 3.16. The van der Waals surface area contributed by atoms with Gasteiger partial charge >= 0.3 is 0 Å². The molecule has 0 spiro atoms. The summed E-state index contributed by atoms with van der Waals surface area (Å²) >= 11 is 0. The zero-order valence-electron chi connectivity index (χ0n) is 19.4. The molecule has 3 aromatic rings. The Balaban J connectivity index is 2.04. The first kappa shape index (κ1) is 24.9. The standard InChI is InChI=1S/C25H32FN3O4/c1-4-23-21(17-28(14-15-31-2)16-20(30)18-32-3)25(33-24-13-9-8-12-22(24)26)29(27-23)19-10-6-5-7-11-19/h5-13,20,30H,4,14-18H2,1-3H3/t20-/m1/s1. The van der Waals surface area contributed by atoms with Gasteiger partial charge < -0.3 is 19.3 Å². The summed E-state index contributed by atoms with van der Waals surface area (Å²) in [7, 11) is 3.20. The molecule has 0 bridgehead atoms. The van der Waals surface area contributed by atoms with E-state index >= 15 is 0 Å². The van der Waals surface area contributed by atoms with Crippen LogP contribution in [0, 0.1) is 5.82 Å². The van der Waals surface area contributed by atoms with Crippen molar-refractivity contribution in [3.05, 3.63) is 71.7 Å². The van der Waals surface area contributed by atoms with E-state index in [1.54, 1.807) is 37.1 Å². The van der Waals surface area contributed by atoms with Crippen LogP contribution in [0.25, 0.3) is 5.69 Å². The Morgan fingerprint density at radius 2 is 1.79 bits per heavy atom. The van der Waals surface area contributed by atoms with Gasteiger partial charge in [0, 0.05) is 33.9 Å². The van der Waals surface area contributed by atoms with Crippen molar-refractivity contribution < 1.29 is 23.7 Å². The van der Waals surface area contributed by atoms with Crippen LogP contribution in [0.5, 0.6) is 11.6 Å². The predicted octanol–water partition coefficient (Wildman–Crippen LogP) is 3.82. The van der Waals surface area contributed by atoms with Crippen molar-refractivity contribution in [2.75, 3.05) is 40.5 Å². The minimum absolute atomic E-state index is 0.126. The summed E-state index contributed by atoms with van der Waals surface area (Å²) in [5.41, 5.74) is 2.49. The van der Waals surface area contributed by atoms with Crippen LogP contribution in [0.2, 0.25) is 0 Å². The Morgan fingerprint density at radius 1 is 1.06 bits per heavy atom. The molecule has 1 atom stereocenters. The van der Waals surface area contributed by atoms with Crippen molar-refractivity contribution in [2.45, 2.75) is 26.0 Å². The van der Waals surface area contributed by atoms with Gasteiger partial charge in [-0.1, -0.05) is 37.3 Å². The summed E-state index contributed by atoms with van der Waals surface area (Å²) in [6.45, 7) is 4.17. The number of aliphatic hydroxyl groups is 1. The van der Waals surface area contributed by atoms with Crippen LogP contribution >= 0.6 is 0 Å². The Kier molecular flexibility index (Phi) is 9.38. The molecule has 0 unspecified atom stereocenters. The Labute approximate surface area is 194 Å². The molecule has 3 rings (SSSR count). The fraction of sp³-hybridized carbons (Fsp3) is 0.400. The van der Waals surface area contributed by atoms with Crippen LogP contribution in [0.1, 0.15) is 18.2 Å². The molecule has 178 valence electrons. The number of nitrogens with zero attached hydrogens (tertiary/aromatic N) is 3. The second kappa shape index (κ2) is 12.5. The normalized spacial score (nSPS) is 12.3. The van der Waals surface area contributed by atoms with E-state index in [1.165, 1.54) is 6.07 Å². The highest BCUT2D eigenvalue weighted by molar-refractivity contribution is 5.44. The maximum atomic E-state index is 14.5. The van der Waals surface area contributed by atoms with Crippen molar-refractivity contribution in [2.24, 2.45) is 0 Å². The molecule has 1 heterocycles. The first-order chi connectivity index (χ1) is 16.1. The van der Waals surface area contributed by atoms with Crippen molar-refractivity contribution in [3.8, 4) is 17.3 Å². The number of hydrogen-bond acceptors (Lipinski definition) is 6. The van der Waals surface area contributed by atoms with Crippen molar-refractivity contribution in [3.63, 3.8) is 0 Å². The maximum Gasteiger partial charge on any atom is 0.227 e. The van der Waals surface area contributed by atoms with Gasteiger partial charge in [0.05, 0.1) is 36.3 Å². The molecule has 33 heavy (non-hydrogen) atoms. The summed E-state index contributed by atoms with van der Waals surface area (Å²) in [6, 6.07) is 15.9. The number of rotatable bonds is 13. The van der Waals surface area contributed by atoms with Crippen molar-refractivity contribution >= 4 is 0 Å². The molecule has 1 aromatic heterocycles. The average molecular weight is 458 g/mol. The molecule has 0 aliphatic carbocycles. The van der Waals surface area contributed by atoms with Crippen LogP contribution in [-0.4, -0.2) is 66.4 Å². The Bertz CT molecular complexity index is 997. The number of halogens is 1. The number of benzene rings is 2. The molecule has 8 heteroatoms. The minimum atomic E-state index is -0.656. The number of para-hydroxylation sites is 2. The van der Waals surface area contributed by atoms with Gasteiger partial charge in [0.15, 0.2) is 11.6 Å². The van der Waals surface area contributed by atoms with Gasteiger partial charge in [-0.3, -0.25) is 4.90 Å². The van der Waals surface area contributed by atoms with Gasteiger partial charge in [0.2, 0.25) is 5.88 Å². The van der Waals surface area contributed by atoms with Gasteiger partial charge in [-0.2, -0.15) is 5.10 Å². The van der Waals surface area contributed by atoms with E-state index in [1.807, 2.05) is 37.3 Å². The molecule has 0 saturated heterocycles. The lowest BCUT2D eigenvalue weighted by Crippen LogP contribution is -2.36. The molecule has 2 aromatic carbocycles. The molecular weight excluding hydrogens is 425 g/mol. The number of aliphatic hydroxyl groups excluding tert-OH is 1.